The van der Waals surface area contributed by atoms with E-state index >= 15 is 0 Å². The van der Waals surface area contributed by atoms with Gasteiger partial charge in [-0.3, -0.25) is 10.5 Å². The zero-order valence-corrected chi connectivity index (χ0v) is 6.52. The molecule has 0 saturated carbocycles. The van der Waals surface area contributed by atoms with Crippen molar-refractivity contribution in [3.63, 3.8) is 0 Å². The molecule has 0 aromatic heterocycles. The Balaban J connectivity index is 3.21. The normalized spacial score (nSPS) is 13.0. The minimum atomic E-state index is -0.642. The molecule has 3 heteroatoms. The summed E-state index contributed by atoms with van der Waals surface area (Å²) in [5, 5.41) is 0. The maximum absolute atomic E-state index is 10.3. The molecule has 1 radical (unpaired) electrons. The average molecular weight is 144 g/mol. The van der Waals surface area contributed by atoms with E-state index in [0.29, 0.717) is 6.61 Å². The van der Waals surface area contributed by atoms with E-state index < -0.39 is 12.0 Å². The highest BCUT2D eigenvalue weighted by Gasteiger charge is 2.07. The van der Waals surface area contributed by atoms with Gasteiger partial charge in [0.2, 0.25) is 0 Å². The van der Waals surface area contributed by atoms with E-state index in [-0.39, 0.29) is 0 Å². The molecule has 10 heavy (non-hydrogen) atoms. The van der Waals surface area contributed by atoms with Gasteiger partial charge in [0.05, 0.1) is 0 Å². The van der Waals surface area contributed by atoms with Crippen molar-refractivity contribution in [3.8, 4) is 0 Å². The summed E-state index contributed by atoms with van der Waals surface area (Å²) >= 11 is 0. The molecule has 0 heterocycles. The number of ether oxygens (including phenoxy) is 1. The second-order valence-corrected chi connectivity index (χ2v) is 2.23. The monoisotopic (exact) mass is 144 g/mol. The van der Waals surface area contributed by atoms with Crippen LogP contribution in [0.2, 0.25) is 0 Å². The van der Waals surface area contributed by atoms with E-state index in [1.807, 2.05) is 0 Å². The third kappa shape index (κ3) is 4.32. The summed E-state index contributed by atoms with van der Waals surface area (Å²) < 4.78 is 5.01. The Morgan fingerprint density at radius 1 is 1.70 bits per heavy atom. The lowest BCUT2D eigenvalue weighted by Gasteiger charge is -2.06. The lowest BCUT2D eigenvalue weighted by atomic mass is 10.3. The number of carbonyl (C=O) groups excluding carboxylic acids is 1. The molecule has 1 N–H and O–H groups in total. The Morgan fingerprint density at radius 2 is 2.30 bits per heavy atom. The maximum Gasteiger partial charge on any atom is 0.267 e. The van der Waals surface area contributed by atoms with Crippen molar-refractivity contribution in [3.05, 3.63) is 0 Å². The van der Waals surface area contributed by atoms with Crippen LogP contribution in [-0.2, 0) is 9.53 Å². The van der Waals surface area contributed by atoms with E-state index in [1.54, 1.807) is 6.92 Å². The quantitative estimate of drug-likeness (QED) is 0.540. The summed E-state index contributed by atoms with van der Waals surface area (Å²) in [5.74, 6) is -0.642. The van der Waals surface area contributed by atoms with Crippen molar-refractivity contribution in [2.45, 2.75) is 32.8 Å². The van der Waals surface area contributed by atoms with Crippen LogP contribution < -0.4 is 5.73 Å². The number of nitrogens with one attached hydrogen (secondary N) is 1. The summed E-state index contributed by atoms with van der Waals surface area (Å²) in [6.07, 6.45) is 1.46. The topological polar surface area (TPSA) is 50.1 Å². The average Bonchev–Trinajstić information content (AvgIpc) is 1.88. The van der Waals surface area contributed by atoms with Crippen LogP contribution >= 0.6 is 0 Å². The Kier molecular flexibility index (Phi) is 4.94. The van der Waals surface area contributed by atoms with Gasteiger partial charge in [-0.15, -0.1) is 0 Å². The number of carbonyl (C=O) groups is 1. The Labute approximate surface area is 61.5 Å². The predicted molar refractivity (Wildman–Crippen MR) is 38.4 cm³/mol. The number of rotatable bonds is 5. The third-order valence-electron chi connectivity index (χ3n) is 1.23. The van der Waals surface area contributed by atoms with E-state index in [2.05, 4.69) is 6.92 Å². The number of amides is 1. The number of unbranched alkanes of at least 4 members (excludes halogenated alkanes) is 1. The Bertz CT molecular complexity index is 104. The molecular weight excluding hydrogens is 130 g/mol. The lowest BCUT2D eigenvalue weighted by molar-refractivity contribution is -0.129. The molecule has 0 aromatic carbocycles. The first-order chi connectivity index (χ1) is 4.68. The third-order valence-corrected chi connectivity index (χ3v) is 1.23. The highest BCUT2D eigenvalue weighted by atomic mass is 16.5. The van der Waals surface area contributed by atoms with Gasteiger partial charge in [-0.25, -0.2) is 0 Å². The van der Waals surface area contributed by atoms with E-state index in [9.17, 15) is 4.79 Å². The molecule has 0 aliphatic carbocycles. The maximum atomic E-state index is 10.3. The van der Waals surface area contributed by atoms with Gasteiger partial charge in [-0.1, -0.05) is 13.3 Å². The van der Waals surface area contributed by atoms with Crippen molar-refractivity contribution in [2.24, 2.45) is 0 Å². The molecule has 0 spiro atoms. The SMILES string of the molecule is CCCCOC(C)C([NH])=O. The van der Waals surface area contributed by atoms with Crippen molar-refractivity contribution in [1.29, 1.82) is 0 Å². The molecule has 1 amide bonds. The van der Waals surface area contributed by atoms with Crippen LogP contribution in [0.4, 0.5) is 0 Å². The standard InChI is InChI=1S/C7H14NO2/c1-3-4-5-10-6(2)7(8)9/h6,8H,3-5H2,1-2H3. The molecule has 1 unspecified atom stereocenters. The minimum absolute atomic E-state index is 0.549. The van der Waals surface area contributed by atoms with Crippen molar-refractivity contribution < 1.29 is 9.53 Å². The van der Waals surface area contributed by atoms with Gasteiger partial charge in [0.1, 0.15) is 6.10 Å². The van der Waals surface area contributed by atoms with Crippen LogP contribution in [0, 0.1) is 0 Å². The number of hydrogen-bond donors (Lipinski definition) is 0. The summed E-state index contributed by atoms with van der Waals surface area (Å²) in [4.78, 5) is 10.3. The van der Waals surface area contributed by atoms with Crippen LogP contribution in [0.5, 0.6) is 0 Å². The molecule has 0 aliphatic heterocycles. The predicted octanol–water partition coefficient (Wildman–Crippen LogP) is 1.00. The second kappa shape index (κ2) is 5.23. The minimum Gasteiger partial charge on any atom is -0.369 e. The Hall–Kier alpha value is -0.570. The van der Waals surface area contributed by atoms with Gasteiger partial charge in [0.15, 0.2) is 0 Å². The Morgan fingerprint density at radius 3 is 2.70 bits per heavy atom. The first-order valence-corrected chi connectivity index (χ1v) is 3.55. The van der Waals surface area contributed by atoms with Crippen molar-refractivity contribution in [1.82, 2.24) is 5.73 Å². The largest absolute Gasteiger partial charge is 0.369 e. The summed E-state index contributed by atoms with van der Waals surface area (Å²) in [7, 11) is 0. The fraction of sp³-hybridized carbons (Fsp3) is 0.857. The van der Waals surface area contributed by atoms with E-state index in [1.165, 1.54) is 0 Å². The first-order valence-electron chi connectivity index (χ1n) is 3.55. The molecule has 1 atom stereocenters. The molecule has 0 aliphatic rings. The van der Waals surface area contributed by atoms with E-state index in [4.69, 9.17) is 10.5 Å². The molecule has 0 bridgehead atoms. The molecule has 59 valence electrons. The van der Waals surface area contributed by atoms with Crippen LogP contribution in [0.1, 0.15) is 26.7 Å². The summed E-state index contributed by atoms with van der Waals surface area (Å²) in [6.45, 7) is 4.24. The van der Waals surface area contributed by atoms with Crippen LogP contribution in [0.15, 0.2) is 0 Å². The first kappa shape index (κ1) is 9.43. The fourth-order valence-corrected chi connectivity index (χ4v) is 0.480. The van der Waals surface area contributed by atoms with Crippen molar-refractivity contribution in [2.75, 3.05) is 6.61 Å². The molecular formula is C7H14NO2. The second-order valence-electron chi connectivity index (χ2n) is 2.23. The fourth-order valence-electron chi connectivity index (χ4n) is 0.480. The zero-order chi connectivity index (χ0) is 7.98. The van der Waals surface area contributed by atoms with Gasteiger partial charge in [0.25, 0.3) is 5.91 Å². The molecule has 0 rings (SSSR count). The smallest absolute Gasteiger partial charge is 0.267 e. The summed E-state index contributed by atoms with van der Waals surface area (Å²) in [6, 6.07) is 0. The van der Waals surface area contributed by atoms with Crippen LogP contribution in [-0.4, -0.2) is 18.6 Å². The van der Waals surface area contributed by atoms with Gasteiger partial charge < -0.3 is 4.74 Å². The molecule has 3 nitrogen and oxygen atoms in total. The number of hydrogen-bond acceptors (Lipinski definition) is 2. The van der Waals surface area contributed by atoms with Gasteiger partial charge in [0, 0.05) is 6.61 Å². The molecule has 0 fully saturated rings. The van der Waals surface area contributed by atoms with Gasteiger partial charge in [-0.05, 0) is 13.3 Å². The van der Waals surface area contributed by atoms with Crippen molar-refractivity contribution >= 4 is 5.91 Å². The van der Waals surface area contributed by atoms with Crippen LogP contribution in [0.3, 0.4) is 0 Å². The van der Waals surface area contributed by atoms with Gasteiger partial charge in [-0.2, -0.15) is 0 Å². The zero-order valence-electron chi connectivity index (χ0n) is 6.52. The molecule has 0 aromatic rings. The van der Waals surface area contributed by atoms with Crippen LogP contribution in [0.25, 0.3) is 0 Å². The highest BCUT2D eigenvalue weighted by Crippen LogP contribution is 1.93. The highest BCUT2D eigenvalue weighted by molar-refractivity contribution is 5.77. The van der Waals surface area contributed by atoms with Gasteiger partial charge >= 0.3 is 0 Å². The van der Waals surface area contributed by atoms with E-state index in [0.717, 1.165) is 12.8 Å². The lowest BCUT2D eigenvalue weighted by Crippen LogP contribution is -2.21. The summed E-state index contributed by atoms with van der Waals surface area (Å²) in [5.41, 5.74) is 6.66. The molecule has 0 saturated heterocycles.